The van der Waals surface area contributed by atoms with Crippen molar-refractivity contribution in [2.24, 2.45) is 0 Å². The zero-order valence-corrected chi connectivity index (χ0v) is 13.6. The lowest BCUT2D eigenvalue weighted by Gasteiger charge is -2.06. The Morgan fingerprint density at radius 2 is 2.00 bits per heavy atom. The van der Waals surface area contributed by atoms with Crippen LogP contribution in [0.15, 0.2) is 29.6 Å². The van der Waals surface area contributed by atoms with Gasteiger partial charge in [-0.05, 0) is 24.1 Å². The summed E-state index contributed by atoms with van der Waals surface area (Å²) in [6.07, 6.45) is 0. The van der Waals surface area contributed by atoms with Gasteiger partial charge in [0.15, 0.2) is 0 Å². The van der Waals surface area contributed by atoms with Crippen molar-refractivity contribution in [3.05, 3.63) is 40.4 Å². The number of fused-ring (bicyclic) bond motifs is 1. The Balaban J connectivity index is 2.07. The van der Waals surface area contributed by atoms with Crippen LogP contribution in [0.1, 0.15) is 25.5 Å². The Morgan fingerprint density at radius 1 is 1.19 bits per heavy atom. The van der Waals surface area contributed by atoms with E-state index in [0.717, 1.165) is 27.3 Å². The van der Waals surface area contributed by atoms with E-state index in [2.05, 4.69) is 29.2 Å². The highest BCUT2D eigenvalue weighted by molar-refractivity contribution is 7.13. The molecule has 0 fully saturated rings. The third-order valence-corrected chi connectivity index (χ3v) is 4.47. The number of pyridine rings is 1. The van der Waals surface area contributed by atoms with Gasteiger partial charge in [-0.2, -0.15) is 0 Å². The second-order valence-electron chi connectivity index (χ2n) is 5.11. The standard InChI is InChI=1S/C16H15ClN2OS/c1-9(2)14-8-21-16(19-14)12-5-4-10-6-15(20-3)11(17)7-13(10)18-12/h4-9H,1-3H3. The van der Waals surface area contributed by atoms with Crippen LogP contribution in [0.5, 0.6) is 5.75 Å². The number of thiazole rings is 1. The number of hydrogen-bond acceptors (Lipinski definition) is 4. The smallest absolute Gasteiger partial charge is 0.142 e. The van der Waals surface area contributed by atoms with Gasteiger partial charge in [-0.25, -0.2) is 9.97 Å². The highest BCUT2D eigenvalue weighted by Crippen LogP contribution is 2.31. The highest BCUT2D eigenvalue weighted by atomic mass is 35.5. The fraction of sp³-hybridized carbons (Fsp3) is 0.250. The Morgan fingerprint density at radius 3 is 2.67 bits per heavy atom. The monoisotopic (exact) mass is 318 g/mol. The molecular formula is C16H15ClN2OS. The molecule has 1 aromatic carbocycles. The van der Waals surface area contributed by atoms with Gasteiger partial charge in [-0.3, -0.25) is 0 Å². The van der Waals surface area contributed by atoms with E-state index in [1.807, 2.05) is 24.3 Å². The summed E-state index contributed by atoms with van der Waals surface area (Å²) in [6, 6.07) is 7.73. The number of nitrogens with zero attached hydrogens (tertiary/aromatic N) is 2. The van der Waals surface area contributed by atoms with Gasteiger partial charge in [0, 0.05) is 10.8 Å². The molecule has 21 heavy (non-hydrogen) atoms. The number of rotatable bonds is 3. The van der Waals surface area contributed by atoms with E-state index in [9.17, 15) is 0 Å². The summed E-state index contributed by atoms with van der Waals surface area (Å²) in [5.41, 5.74) is 2.82. The fourth-order valence-electron chi connectivity index (χ4n) is 2.07. The van der Waals surface area contributed by atoms with Gasteiger partial charge < -0.3 is 4.74 Å². The van der Waals surface area contributed by atoms with E-state index in [1.165, 1.54) is 0 Å². The number of methoxy groups -OCH3 is 1. The van der Waals surface area contributed by atoms with Crippen molar-refractivity contribution in [1.82, 2.24) is 9.97 Å². The van der Waals surface area contributed by atoms with E-state index in [0.29, 0.717) is 16.7 Å². The van der Waals surface area contributed by atoms with Crippen LogP contribution < -0.4 is 4.74 Å². The minimum absolute atomic E-state index is 0.425. The molecule has 0 aliphatic carbocycles. The quantitative estimate of drug-likeness (QED) is 0.670. The molecule has 108 valence electrons. The molecule has 0 unspecified atom stereocenters. The van der Waals surface area contributed by atoms with Gasteiger partial charge in [0.2, 0.25) is 0 Å². The predicted molar refractivity (Wildman–Crippen MR) is 88.5 cm³/mol. The Bertz CT molecular complexity index is 798. The SMILES string of the molecule is COc1cc2ccc(-c3nc(C(C)C)cs3)nc2cc1Cl. The first kappa shape index (κ1) is 14.3. The summed E-state index contributed by atoms with van der Waals surface area (Å²) < 4.78 is 5.23. The third kappa shape index (κ3) is 2.74. The van der Waals surface area contributed by atoms with Gasteiger partial charge in [0.1, 0.15) is 10.8 Å². The van der Waals surface area contributed by atoms with Gasteiger partial charge in [-0.15, -0.1) is 11.3 Å². The predicted octanol–water partition coefficient (Wildman–Crippen LogP) is 5.14. The average Bonchev–Trinajstić information content (AvgIpc) is 2.96. The molecule has 0 aliphatic rings. The molecule has 0 saturated carbocycles. The van der Waals surface area contributed by atoms with Crippen LogP contribution in [0.25, 0.3) is 21.6 Å². The van der Waals surface area contributed by atoms with Gasteiger partial charge in [0.05, 0.1) is 29.0 Å². The van der Waals surface area contributed by atoms with Crippen molar-refractivity contribution in [3.63, 3.8) is 0 Å². The lowest BCUT2D eigenvalue weighted by molar-refractivity contribution is 0.415. The second-order valence-corrected chi connectivity index (χ2v) is 6.37. The van der Waals surface area contributed by atoms with E-state index in [-0.39, 0.29) is 0 Å². The molecule has 0 saturated heterocycles. The molecule has 0 bridgehead atoms. The largest absolute Gasteiger partial charge is 0.495 e. The molecule has 0 amide bonds. The van der Waals surface area contributed by atoms with Gasteiger partial charge in [0.25, 0.3) is 0 Å². The van der Waals surface area contributed by atoms with Gasteiger partial charge >= 0.3 is 0 Å². The van der Waals surface area contributed by atoms with Crippen LogP contribution in [0.4, 0.5) is 0 Å². The van der Waals surface area contributed by atoms with E-state index >= 15 is 0 Å². The fourth-order valence-corrected chi connectivity index (χ4v) is 3.25. The van der Waals surface area contributed by atoms with Crippen LogP contribution in [-0.4, -0.2) is 17.1 Å². The molecular weight excluding hydrogens is 304 g/mol. The van der Waals surface area contributed by atoms with E-state index < -0.39 is 0 Å². The average molecular weight is 319 g/mol. The molecule has 3 nitrogen and oxygen atoms in total. The topological polar surface area (TPSA) is 35.0 Å². The second kappa shape index (κ2) is 5.62. The normalized spacial score (nSPS) is 11.3. The van der Waals surface area contributed by atoms with Crippen LogP contribution in [0, 0.1) is 0 Å². The van der Waals surface area contributed by atoms with Crippen molar-refractivity contribution in [2.75, 3.05) is 7.11 Å². The maximum Gasteiger partial charge on any atom is 0.142 e. The Labute approximate surface area is 132 Å². The van der Waals surface area contributed by atoms with Crippen molar-refractivity contribution in [2.45, 2.75) is 19.8 Å². The molecule has 2 heterocycles. The molecule has 3 rings (SSSR count). The van der Waals surface area contributed by atoms with Crippen LogP contribution in [-0.2, 0) is 0 Å². The van der Waals surface area contributed by atoms with Crippen molar-refractivity contribution >= 4 is 33.8 Å². The lowest BCUT2D eigenvalue weighted by atomic mass is 10.1. The zero-order chi connectivity index (χ0) is 15.0. The van der Waals surface area contributed by atoms with Gasteiger partial charge in [-0.1, -0.05) is 31.5 Å². The number of halogens is 1. The molecule has 0 spiro atoms. The summed E-state index contributed by atoms with van der Waals surface area (Å²) in [5, 5.41) is 4.59. The number of hydrogen-bond donors (Lipinski definition) is 0. The number of benzene rings is 1. The van der Waals surface area contributed by atoms with E-state index in [4.69, 9.17) is 16.3 Å². The maximum absolute atomic E-state index is 6.17. The van der Waals surface area contributed by atoms with Crippen LogP contribution in [0.3, 0.4) is 0 Å². The number of aromatic nitrogens is 2. The maximum atomic E-state index is 6.17. The molecule has 5 heteroatoms. The van der Waals surface area contributed by atoms with Crippen LogP contribution in [0.2, 0.25) is 5.02 Å². The first-order valence-corrected chi connectivity index (χ1v) is 7.94. The van der Waals surface area contributed by atoms with Crippen molar-refractivity contribution in [1.29, 1.82) is 0 Å². The Kier molecular flexibility index (Phi) is 3.83. The summed E-state index contributed by atoms with van der Waals surface area (Å²) in [6.45, 7) is 4.28. The summed E-state index contributed by atoms with van der Waals surface area (Å²) in [4.78, 5) is 9.30. The lowest BCUT2D eigenvalue weighted by Crippen LogP contribution is -1.90. The molecule has 3 aromatic rings. The molecule has 2 aromatic heterocycles. The minimum Gasteiger partial charge on any atom is -0.495 e. The summed E-state index contributed by atoms with van der Waals surface area (Å²) >= 11 is 7.79. The molecule has 0 N–H and O–H groups in total. The molecule has 0 radical (unpaired) electrons. The highest BCUT2D eigenvalue weighted by Gasteiger charge is 2.10. The first-order chi connectivity index (χ1) is 10.1. The third-order valence-electron chi connectivity index (χ3n) is 3.30. The number of ether oxygens (including phenoxy) is 1. The summed E-state index contributed by atoms with van der Waals surface area (Å²) in [5.74, 6) is 1.09. The summed E-state index contributed by atoms with van der Waals surface area (Å²) in [7, 11) is 1.61. The Hall–Kier alpha value is -1.65. The zero-order valence-electron chi connectivity index (χ0n) is 12.1. The van der Waals surface area contributed by atoms with Crippen molar-refractivity contribution < 1.29 is 4.74 Å². The molecule has 0 aliphatic heterocycles. The van der Waals surface area contributed by atoms with Crippen molar-refractivity contribution in [3.8, 4) is 16.5 Å². The minimum atomic E-state index is 0.425. The van der Waals surface area contributed by atoms with E-state index in [1.54, 1.807) is 18.4 Å². The molecule has 0 atom stereocenters. The first-order valence-electron chi connectivity index (χ1n) is 6.68. The van der Waals surface area contributed by atoms with Crippen LogP contribution >= 0.6 is 22.9 Å².